The smallest absolute Gasteiger partial charge is 0.243 e. The molecule has 3 atom stereocenters. The van der Waals surface area contributed by atoms with Crippen LogP contribution in [0.25, 0.3) is 10.9 Å². The van der Waals surface area contributed by atoms with Crippen LogP contribution in [0.5, 0.6) is 0 Å². The summed E-state index contributed by atoms with van der Waals surface area (Å²) in [4.78, 5) is 4.42. The summed E-state index contributed by atoms with van der Waals surface area (Å²) < 4.78 is 42.7. The molecule has 0 aliphatic carbocycles. The third kappa shape index (κ3) is 7.13. The number of hydrogen-bond acceptors (Lipinski definition) is 10. The minimum atomic E-state index is -3.78. The summed E-state index contributed by atoms with van der Waals surface area (Å²) in [5, 5.41) is 19.5. The minimum absolute atomic E-state index is 0.0145. The van der Waals surface area contributed by atoms with Gasteiger partial charge in [-0.2, -0.15) is 0 Å². The van der Waals surface area contributed by atoms with E-state index in [1.54, 1.807) is 47.5 Å². The molecular weight excluding hydrogens is 605 g/mol. The van der Waals surface area contributed by atoms with E-state index in [0.29, 0.717) is 17.7 Å². The Kier molecular flexibility index (Phi) is 9.14. The molecule has 1 aliphatic heterocycles. The van der Waals surface area contributed by atoms with Gasteiger partial charge in [0.15, 0.2) is 10.6 Å². The van der Waals surface area contributed by atoms with Crippen LogP contribution in [0.4, 0.5) is 0 Å². The van der Waals surface area contributed by atoms with E-state index in [0.717, 1.165) is 37.0 Å². The van der Waals surface area contributed by atoms with Crippen LogP contribution in [0.2, 0.25) is 0 Å². The zero-order chi connectivity index (χ0) is 29.8. The maximum atomic E-state index is 13.1. The Labute approximate surface area is 258 Å². The number of benzene rings is 3. The lowest BCUT2D eigenvalue weighted by Crippen LogP contribution is -2.31. The average Bonchev–Trinajstić information content (AvgIpc) is 3.47. The highest BCUT2D eigenvalue weighted by Crippen LogP contribution is 2.39. The Morgan fingerprint density at radius 1 is 0.953 bits per heavy atom. The van der Waals surface area contributed by atoms with E-state index in [9.17, 15) is 13.5 Å². The molecule has 0 radical (unpaired) electrons. The molecule has 2 aromatic heterocycles. The van der Waals surface area contributed by atoms with Crippen molar-refractivity contribution >= 4 is 44.0 Å². The SMILES string of the molecule is Cc1nnc(SC[C@@H]2C[C@H](c3ccc(CO)cc3)OC(c3ccc(CNS(=O)(=O)c4cccc5cccnc45)cc3)O2)s1. The quantitative estimate of drug-likeness (QED) is 0.186. The summed E-state index contributed by atoms with van der Waals surface area (Å²) in [6.45, 7) is 2.04. The van der Waals surface area contributed by atoms with Crippen molar-refractivity contribution in [3.8, 4) is 0 Å². The minimum Gasteiger partial charge on any atom is -0.392 e. The maximum absolute atomic E-state index is 13.1. The number of aliphatic hydroxyl groups excluding tert-OH is 1. The predicted octanol–water partition coefficient (Wildman–Crippen LogP) is 5.70. The van der Waals surface area contributed by atoms with Crippen molar-refractivity contribution in [2.24, 2.45) is 0 Å². The van der Waals surface area contributed by atoms with Crippen molar-refractivity contribution in [1.82, 2.24) is 19.9 Å². The molecule has 3 aromatic carbocycles. The number of aryl methyl sites for hydroxylation is 1. The molecule has 12 heteroatoms. The van der Waals surface area contributed by atoms with Gasteiger partial charge in [-0.1, -0.05) is 89.8 Å². The van der Waals surface area contributed by atoms with Crippen LogP contribution in [0.3, 0.4) is 0 Å². The van der Waals surface area contributed by atoms with Gasteiger partial charge in [0.05, 0.1) is 24.3 Å². The van der Waals surface area contributed by atoms with E-state index in [1.165, 1.54) is 0 Å². The Hall–Kier alpha value is -3.23. The number of nitrogens with one attached hydrogen (secondary N) is 1. The second-order valence-electron chi connectivity index (χ2n) is 10.1. The molecule has 1 aliphatic rings. The highest BCUT2D eigenvalue weighted by molar-refractivity contribution is 8.01. The third-order valence-corrected chi connectivity index (χ3v) is 10.7. The van der Waals surface area contributed by atoms with Crippen LogP contribution in [-0.4, -0.2) is 40.6 Å². The van der Waals surface area contributed by atoms with E-state index in [4.69, 9.17) is 9.47 Å². The summed E-state index contributed by atoms with van der Waals surface area (Å²) in [5.41, 5.74) is 3.93. The van der Waals surface area contributed by atoms with Crippen molar-refractivity contribution < 1.29 is 23.0 Å². The zero-order valence-electron chi connectivity index (χ0n) is 23.3. The Bertz CT molecular complexity index is 1790. The molecule has 3 heterocycles. The molecule has 2 N–H and O–H groups in total. The number of rotatable bonds is 10. The van der Waals surface area contributed by atoms with Gasteiger partial charge in [0, 0.05) is 35.9 Å². The normalized spacial score (nSPS) is 19.1. The van der Waals surface area contributed by atoms with Gasteiger partial charge in [-0.25, -0.2) is 13.1 Å². The summed E-state index contributed by atoms with van der Waals surface area (Å²) in [5.74, 6) is 0.697. The number of aromatic nitrogens is 3. The number of sulfonamides is 1. The van der Waals surface area contributed by atoms with Crippen LogP contribution in [0.15, 0.2) is 94.3 Å². The number of nitrogens with zero attached hydrogens (tertiary/aromatic N) is 3. The molecule has 1 unspecified atom stereocenters. The van der Waals surface area contributed by atoms with Crippen LogP contribution >= 0.6 is 23.1 Å². The first-order valence-corrected chi connectivity index (χ1v) is 17.0. The zero-order valence-corrected chi connectivity index (χ0v) is 25.7. The number of hydrogen-bond donors (Lipinski definition) is 2. The van der Waals surface area contributed by atoms with Gasteiger partial charge in [-0.3, -0.25) is 4.98 Å². The number of pyridine rings is 1. The van der Waals surface area contributed by atoms with E-state index >= 15 is 0 Å². The first-order chi connectivity index (χ1) is 20.9. The van der Waals surface area contributed by atoms with E-state index in [2.05, 4.69) is 19.9 Å². The van der Waals surface area contributed by atoms with Crippen molar-refractivity contribution in [2.75, 3.05) is 5.75 Å². The summed E-state index contributed by atoms with van der Waals surface area (Å²) in [7, 11) is -3.78. The molecule has 0 bridgehead atoms. The molecule has 1 fully saturated rings. The number of aliphatic hydroxyl groups is 1. The van der Waals surface area contributed by atoms with Gasteiger partial charge >= 0.3 is 0 Å². The highest BCUT2D eigenvalue weighted by Gasteiger charge is 2.32. The number of thioether (sulfide) groups is 1. The van der Waals surface area contributed by atoms with Gasteiger partial charge in [0.2, 0.25) is 10.0 Å². The van der Waals surface area contributed by atoms with E-state index in [1.807, 2.05) is 67.6 Å². The molecule has 1 saturated heterocycles. The van der Waals surface area contributed by atoms with Gasteiger partial charge in [-0.05, 0) is 35.7 Å². The van der Waals surface area contributed by atoms with Crippen molar-refractivity contribution in [1.29, 1.82) is 0 Å². The molecule has 222 valence electrons. The van der Waals surface area contributed by atoms with Crippen LogP contribution in [-0.2, 0) is 32.6 Å². The fourth-order valence-electron chi connectivity index (χ4n) is 4.87. The third-order valence-electron chi connectivity index (χ3n) is 7.12. The topological polar surface area (TPSA) is 124 Å². The average molecular weight is 635 g/mol. The monoisotopic (exact) mass is 634 g/mol. The lowest BCUT2D eigenvalue weighted by molar-refractivity contribution is -0.245. The Balaban J connectivity index is 1.16. The number of fused-ring (bicyclic) bond motifs is 1. The van der Waals surface area contributed by atoms with Crippen molar-refractivity contribution in [3.05, 3.63) is 112 Å². The first-order valence-electron chi connectivity index (χ1n) is 13.7. The fourth-order valence-corrected chi connectivity index (χ4v) is 7.92. The van der Waals surface area contributed by atoms with Crippen LogP contribution in [0, 0.1) is 6.92 Å². The molecular formula is C31H30N4O5S3. The molecule has 5 aromatic rings. The molecule has 0 amide bonds. The van der Waals surface area contributed by atoms with Gasteiger partial charge in [0.1, 0.15) is 9.90 Å². The lowest BCUT2D eigenvalue weighted by atomic mass is 10.0. The Morgan fingerprint density at radius 2 is 1.70 bits per heavy atom. The number of para-hydroxylation sites is 1. The molecule has 0 spiro atoms. The lowest BCUT2D eigenvalue weighted by Gasteiger charge is -2.36. The van der Waals surface area contributed by atoms with Crippen LogP contribution in [0.1, 0.15) is 46.1 Å². The molecule has 9 nitrogen and oxygen atoms in total. The second-order valence-corrected chi connectivity index (χ2v) is 14.3. The van der Waals surface area contributed by atoms with E-state index in [-0.39, 0.29) is 30.3 Å². The van der Waals surface area contributed by atoms with Crippen LogP contribution < -0.4 is 4.72 Å². The highest BCUT2D eigenvalue weighted by atomic mass is 32.2. The van der Waals surface area contributed by atoms with Gasteiger partial charge in [-0.15, -0.1) is 10.2 Å². The first kappa shape index (κ1) is 29.8. The van der Waals surface area contributed by atoms with Gasteiger partial charge < -0.3 is 14.6 Å². The standard InChI is InChI=1S/C31H30N4O5S3/c1-20-34-35-31(42-20)41-19-26-16-27(23-11-9-22(18-36)10-12-23)40-30(39-26)25-13-7-21(8-14-25)17-33-43(37,38)28-6-2-4-24-5-3-15-32-29(24)28/h2-15,26-27,30,33,36H,16-19H2,1H3/t26-,27+,30?/m0/s1. The second kappa shape index (κ2) is 13.2. The summed E-state index contributed by atoms with van der Waals surface area (Å²) in [6.07, 6.45) is 1.35. The van der Waals surface area contributed by atoms with Crippen molar-refractivity contribution in [3.63, 3.8) is 0 Å². The molecule has 43 heavy (non-hydrogen) atoms. The molecule has 6 rings (SSSR count). The predicted molar refractivity (Wildman–Crippen MR) is 166 cm³/mol. The maximum Gasteiger partial charge on any atom is 0.243 e. The van der Waals surface area contributed by atoms with E-state index < -0.39 is 16.3 Å². The number of ether oxygens (including phenoxy) is 2. The fraction of sp³-hybridized carbons (Fsp3) is 0.258. The largest absolute Gasteiger partial charge is 0.392 e. The van der Waals surface area contributed by atoms with Crippen molar-refractivity contribution in [2.45, 2.75) is 54.2 Å². The Morgan fingerprint density at radius 3 is 2.44 bits per heavy atom. The summed E-state index contributed by atoms with van der Waals surface area (Å²) >= 11 is 3.18. The molecule has 0 saturated carbocycles. The summed E-state index contributed by atoms with van der Waals surface area (Å²) in [6, 6.07) is 24.1. The van der Waals surface area contributed by atoms with Gasteiger partial charge in [0.25, 0.3) is 0 Å².